The first kappa shape index (κ1) is 14.4. The second-order valence-corrected chi connectivity index (χ2v) is 7.23. The predicted molar refractivity (Wildman–Crippen MR) is 79.4 cm³/mol. The van der Waals surface area contributed by atoms with E-state index in [1.54, 1.807) is 0 Å². The number of hydrogen-bond acceptors (Lipinski definition) is 3. The first-order chi connectivity index (χ1) is 9.72. The second-order valence-electron chi connectivity index (χ2n) is 7.23. The van der Waals surface area contributed by atoms with Gasteiger partial charge in [0.1, 0.15) is 6.10 Å². The third kappa shape index (κ3) is 3.55. The third-order valence-electron chi connectivity index (χ3n) is 5.64. The van der Waals surface area contributed by atoms with Crippen molar-refractivity contribution in [3.63, 3.8) is 0 Å². The molecule has 0 aromatic carbocycles. The molecule has 3 aliphatic rings. The van der Waals surface area contributed by atoms with Gasteiger partial charge in [-0.15, -0.1) is 0 Å². The van der Waals surface area contributed by atoms with E-state index in [0.29, 0.717) is 24.4 Å². The lowest BCUT2D eigenvalue weighted by Gasteiger charge is -2.31. The zero-order valence-corrected chi connectivity index (χ0v) is 12.8. The maximum absolute atomic E-state index is 12.2. The lowest BCUT2D eigenvalue weighted by molar-refractivity contribution is -0.152. The molecule has 114 valence electrons. The van der Waals surface area contributed by atoms with Gasteiger partial charge in [0, 0.05) is 18.5 Å². The van der Waals surface area contributed by atoms with Gasteiger partial charge in [0.05, 0.1) is 0 Å². The van der Waals surface area contributed by atoms with Crippen molar-refractivity contribution in [3.8, 4) is 0 Å². The summed E-state index contributed by atoms with van der Waals surface area (Å²) in [7, 11) is 0. The number of fused-ring (bicyclic) bond motifs is 2. The van der Waals surface area contributed by atoms with E-state index in [1.807, 2.05) is 0 Å². The summed E-state index contributed by atoms with van der Waals surface area (Å²) >= 11 is 0. The predicted octanol–water partition coefficient (Wildman–Crippen LogP) is 3.42. The first-order valence-electron chi connectivity index (χ1n) is 8.68. The molecule has 3 fully saturated rings. The average molecular weight is 279 g/mol. The Hall–Kier alpha value is -0.570. The lowest BCUT2D eigenvalue weighted by atomic mass is 9.85. The Kier molecular flexibility index (Phi) is 4.65. The molecule has 20 heavy (non-hydrogen) atoms. The molecule has 0 aromatic heterocycles. The van der Waals surface area contributed by atoms with Crippen LogP contribution >= 0.6 is 0 Å². The van der Waals surface area contributed by atoms with Crippen LogP contribution in [0.15, 0.2) is 0 Å². The Morgan fingerprint density at radius 3 is 2.50 bits per heavy atom. The molecule has 3 rings (SSSR count). The normalized spacial score (nSPS) is 40.5. The van der Waals surface area contributed by atoms with Crippen LogP contribution in [0.5, 0.6) is 0 Å². The largest absolute Gasteiger partial charge is 0.462 e. The molecule has 4 atom stereocenters. The van der Waals surface area contributed by atoms with E-state index in [0.717, 1.165) is 18.8 Å². The zero-order chi connectivity index (χ0) is 13.9. The molecule has 0 radical (unpaired) electrons. The summed E-state index contributed by atoms with van der Waals surface area (Å²) in [4.78, 5) is 12.2. The molecule has 1 aliphatic carbocycles. The van der Waals surface area contributed by atoms with E-state index in [-0.39, 0.29) is 12.1 Å². The third-order valence-corrected chi connectivity index (χ3v) is 5.64. The highest BCUT2D eigenvalue weighted by Crippen LogP contribution is 2.34. The zero-order valence-electron chi connectivity index (χ0n) is 12.8. The van der Waals surface area contributed by atoms with Crippen LogP contribution in [0.3, 0.4) is 0 Å². The van der Waals surface area contributed by atoms with Gasteiger partial charge in [0.15, 0.2) is 0 Å². The fraction of sp³-hybridized carbons (Fsp3) is 0.941. The van der Waals surface area contributed by atoms with Gasteiger partial charge >= 0.3 is 5.97 Å². The molecule has 3 heteroatoms. The fourth-order valence-electron chi connectivity index (χ4n) is 4.53. The molecule has 2 bridgehead atoms. The number of esters is 1. The molecule has 1 N–H and O–H groups in total. The molecule has 4 unspecified atom stereocenters. The van der Waals surface area contributed by atoms with E-state index in [2.05, 4.69) is 12.2 Å². The van der Waals surface area contributed by atoms with Crippen LogP contribution in [-0.4, -0.2) is 24.2 Å². The highest BCUT2D eigenvalue weighted by molar-refractivity contribution is 5.70. The molecule has 3 nitrogen and oxygen atoms in total. The topological polar surface area (TPSA) is 38.3 Å². The van der Waals surface area contributed by atoms with Crippen LogP contribution < -0.4 is 5.32 Å². The summed E-state index contributed by atoms with van der Waals surface area (Å²) in [6, 6.07) is 1.34. The standard InChI is InChI=1S/C17H29NO2/c1-2-12-4-3-5-16(10-12)20-17(19)11-13-8-14-6-7-15(9-13)18-14/h12-16,18H,2-11H2,1H3. The minimum atomic E-state index is 0.0676. The second kappa shape index (κ2) is 6.46. The number of ether oxygens (including phenoxy) is 1. The van der Waals surface area contributed by atoms with Gasteiger partial charge in [0.25, 0.3) is 0 Å². The van der Waals surface area contributed by atoms with Gasteiger partial charge in [-0.05, 0) is 56.8 Å². The average Bonchev–Trinajstić information content (AvgIpc) is 2.78. The van der Waals surface area contributed by atoms with Crippen molar-refractivity contribution in [2.45, 2.75) is 89.3 Å². The number of piperidine rings is 1. The molecular weight excluding hydrogens is 250 g/mol. The maximum atomic E-state index is 12.2. The molecular formula is C17H29NO2. The molecule has 2 heterocycles. The Labute approximate surface area is 122 Å². The van der Waals surface area contributed by atoms with Gasteiger partial charge in [-0.2, -0.15) is 0 Å². The Morgan fingerprint density at radius 2 is 1.80 bits per heavy atom. The van der Waals surface area contributed by atoms with Crippen LogP contribution in [0.25, 0.3) is 0 Å². The van der Waals surface area contributed by atoms with Crippen molar-refractivity contribution in [1.29, 1.82) is 0 Å². The fourth-order valence-corrected chi connectivity index (χ4v) is 4.53. The quantitative estimate of drug-likeness (QED) is 0.801. The number of nitrogens with one attached hydrogen (secondary N) is 1. The molecule has 2 aliphatic heterocycles. The van der Waals surface area contributed by atoms with Gasteiger partial charge in [0.2, 0.25) is 0 Å². The molecule has 1 saturated carbocycles. The summed E-state index contributed by atoms with van der Waals surface area (Å²) < 4.78 is 5.76. The van der Waals surface area contributed by atoms with Crippen LogP contribution in [0, 0.1) is 11.8 Å². The summed E-state index contributed by atoms with van der Waals surface area (Å²) in [6.45, 7) is 2.25. The van der Waals surface area contributed by atoms with E-state index < -0.39 is 0 Å². The van der Waals surface area contributed by atoms with E-state index in [4.69, 9.17) is 4.74 Å². The van der Waals surface area contributed by atoms with Crippen molar-refractivity contribution in [2.75, 3.05) is 0 Å². The van der Waals surface area contributed by atoms with Crippen LogP contribution in [0.4, 0.5) is 0 Å². The maximum Gasteiger partial charge on any atom is 0.306 e. The summed E-state index contributed by atoms with van der Waals surface area (Å²) in [5.74, 6) is 1.40. The summed E-state index contributed by atoms with van der Waals surface area (Å²) in [5, 5.41) is 3.64. The Morgan fingerprint density at radius 1 is 1.05 bits per heavy atom. The Bertz CT molecular complexity index is 332. The smallest absolute Gasteiger partial charge is 0.306 e. The van der Waals surface area contributed by atoms with E-state index in [1.165, 1.54) is 44.9 Å². The highest BCUT2D eigenvalue weighted by atomic mass is 16.5. The van der Waals surface area contributed by atoms with Crippen molar-refractivity contribution >= 4 is 5.97 Å². The van der Waals surface area contributed by atoms with Crippen LogP contribution in [-0.2, 0) is 9.53 Å². The van der Waals surface area contributed by atoms with Crippen molar-refractivity contribution in [1.82, 2.24) is 5.32 Å². The van der Waals surface area contributed by atoms with Crippen LogP contribution in [0.1, 0.15) is 71.1 Å². The van der Waals surface area contributed by atoms with E-state index >= 15 is 0 Å². The number of hydrogen-bond donors (Lipinski definition) is 1. The Balaban J connectivity index is 1.43. The first-order valence-corrected chi connectivity index (χ1v) is 8.68. The number of rotatable bonds is 4. The van der Waals surface area contributed by atoms with Crippen molar-refractivity contribution in [3.05, 3.63) is 0 Å². The molecule has 0 aromatic rings. The summed E-state index contributed by atoms with van der Waals surface area (Å²) in [5.41, 5.74) is 0. The van der Waals surface area contributed by atoms with Crippen molar-refractivity contribution in [2.24, 2.45) is 11.8 Å². The molecule has 0 spiro atoms. The minimum Gasteiger partial charge on any atom is -0.462 e. The van der Waals surface area contributed by atoms with E-state index in [9.17, 15) is 4.79 Å². The lowest BCUT2D eigenvalue weighted by Crippen LogP contribution is -2.39. The van der Waals surface area contributed by atoms with Crippen molar-refractivity contribution < 1.29 is 9.53 Å². The van der Waals surface area contributed by atoms with Gasteiger partial charge in [-0.3, -0.25) is 4.79 Å². The summed E-state index contributed by atoms with van der Waals surface area (Å²) in [6.07, 6.45) is 11.8. The molecule has 0 amide bonds. The molecule has 2 saturated heterocycles. The van der Waals surface area contributed by atoms with Crippen LogP contribution in [0.2, 0.25) is 0 Å². The number of carbonyl (C=O) groups excluding carboxylic acids is 1. The highest BCUT2D eigenvalue weighted by Gasteiger charge is 2.35. The van der Waals surface area contributed by atoms with Gasteiger partial charge in [-0.25, -0.2) is 0 Å². The monoisotopic (exact) mass is 279 g/mol. The van der Waals surface area contributed by atoms with Gasteiger partial charge < -0.3 is 10.1 Å². The number of carbonyl (C=O) groups is 1. The van der Waals surface area contributed by atoms with Gasteiger partial charge in [-0.1, -0.05) is 19.8 Å². The SMILES string of the molecule is CCC1CCCC(OC(=O)CC2CC3CCC(C2)N3)C1. The minimum absolute atomic E-state index is 0.0676.